The number of carbonyl (C=O) groups excluding carboxylic acids is 1. The van der Waals surface area contributed by atoms with E-state index in [4.69, 9.17) is 5.11 Å². The zero-order valence-electron chi connectivity index (χ0n) is 9.66. The molecule has 2 rings (SSSR count). The van der Waals surface area contributed by atoms with Gasteiger partial charge in [-0.1, -0.05) is 19.8 Å². The number of amides is 1. The second-order valence-corrected chi connectivity index (χ2v) is 5.11. The lowest BCUT2D eigenvalue weighted by molar-refractivity contribution is -0.162. The molecule has 2 N–H and O–H groups in total. The molecule has 2 unspecified atom stereocenters. The summed E-state index contributed by atoms with van der Waals surface area (Å²) < 4.78 is 0. The molecule has 2 aliphatic carbocycles. The molecule has 0 saturated heterocycles. The molecule has 0 aromatic rings. The zero-order valence-corrected chi connectivity index (χ0v) is 9.66. The summed E-state index contributed by atoms with van der Waals surface area (Å²) in [5.41, 5.74) is -1.10. The Morgan fingerprint density at radius 3 is 2.56 bits per heavy atom. The van der Waals surface area contributed by atoms with Crippen molar-refractivity contribution in [3.05, 3.63) is 0 Å². The first kappa shape index (κ1) is 11.4. The number of nitrogens with one attached hydrogen (secondary N) is 1. The van der Waals surface area contributed by atoms with Gasteiger partial charge in [-0.25, -0.2) is 0 Å². The smallest absolute Gasteiger partial charge is 0.319 e. The van der Waals surface area contributed by atoms with Crippen molar-refractivity contribution in [2.45, 2.75) is 51.5 Å². The van der Waals surface area contributed by atoms with E-state index >= 15 is 0 Å². The number of aliphatic carboxylic acids is 1. The molecule has 16 heavy (non-hydrogen) atoms. The topological polar surface area (TPSA) is 66.4 Å². The number of rotatable bonds is 5. The lowest BCUT2D eigenvalue weighted by atomic mass is 9.68. The molecule has 4 nitrogen and oxygen atoms in total. The van der Waals surface area contributed by atoms with E-state index in [0.717, 1.165) is 25.7 Å². The molecule has 0 aliphatic heterocycles. The molecule has 0 spiro atoms. The fourth-order valence-corrected chi connectivity index (χ4v) is 2.49. The highest BCUT2D eigenvalue weighted by Crippen LogP contribution is 2.43. The van der Waals surface area contributed by atoms with Crippen molar-refractivity contribution in [2.24, 2.45) is 11.3 Å². The molecule has 4 heteroatoms. The van der Waals surface area contributed by atoms with E-state index < -0.39 is 11.4 Å². The highest BCUT2D eigenvalue weighted by atomic mass is 16.4. The van der Waals surface area contributed by atoms with Crippen LogP contribution in [-0.2, 0) is 9.59 Å². The molecule has 2 saturated carbocycles. The fraction of sp³-hybridized carbons (Fsp3) is 0.833. The second kappa shape index (κ2) is 4.07. The molecule has 0 aromatic heterocycles. The summed E-state index contributed by atoms with van der Waals surface area (Å²) in [4.78, 5) is 23.0. The second-order valence-electron chi connectivity index (χ2n) is 5.11. The minimum Gasteiger partial charge on any atom is -0.480 e. The molecule has 2 fully saturated rings. The quantitative estimate of drug-likeness (QED) is 0.697. The van der Waals surface area contributed by atoms with E-state index in [1.165, 1.54) is 0 Å². The van der Waals surface area contributed by atoms with Crippen LogP contribution in [0.5, 0.6) is 0 Å². The predicted octanol–water partition coefficient (Wildman–Crippen LogP) is 1.55. The maximum absolute atomic E-state index is 11.9. The monoisotopic (exact) mass is 225 g/mol. The van der Waals surface area contributed by atoms with Crippen LogP contribution in [0.15, 0.2) is 0 Å². The van der Waals surface area contributed by atoms with E-state index in [1.54, 1.807) is 0 Å². The first-order valence-electron chi connectivity index (χ1n) is 6.14. The molecule has 0 aromatic carbocycles. The van der Waals surface area contributed by atoms with Gasteiger partial charge < -0.3 is 10.4 Å². The lowest BCUT2D eigenvalue weighted by Gasteiger charge is -2.35. The van der Waals surface area contributed by atoms with E-state index in [2.05, 4.69) is 12.2 Å². The number of carboxylic acid groups (broad SMARTS) is 1. The van der Waals surface area contributed by atoms with Gasteiger partial charge in [0, 0.05) is 6.04 Å². The Bertz CT molecular complexity index is 309. The SMILES string of the molecule is CCCC1CC1NC(=O)C1(C(=O)O)CCC1. The Morgan fingerprint density at radius 1 is 1.44 bits per heavy atom. The Hall–Kier alpha value is -1.06. The van der Waals surface area contributed by atoms with Crippen molar-refractivity contribution in [1.82, 2.24) is 5.32 Å². The maximum atomic E-state index is 11.9. The van der Waals surface area contributed by atoms with Crippen LogP contribution in [0.25, 0.3) is 0 Å². The summed E-state index contributed by atoms with van der Waals surface area (Å²) in [6, 6.07) is 0.240. The van der Waals surface area contributed by atoms with Gasteiger partial charge in [0.1, 0.15) is 5.41 Å². The molecular weight excluding hydrogens is 206 g/mol. The van der Waals surface area contributed by atoms with E-state index in [-0.39, 0.29) is 11.9 Å². The first-order chi connectivity index (χ1) is 7.60. The summed E-state index contributed by atoms with van der Waals surface area (Å²) in [5, 5.41) is 12.0. The third-order valence-electron chi connectivity index (χ3n) is 3.95. The van der Waals surface area contributed by atoms with Gasteiger partial charge in [0.2, 0.25) is 5.91 Å². The highest BCUT2D eigenvalue weighted by molar-refractivity contribution is 6.03. The van der Waals surface area contributed by atoms with Gasteiger partial charge in [-0.2, -0.15) is 0 Å². The van der Waals surface area contributed by atoms with Gasteiger partial charge >= 0.3 is 5.97 Å². The van der Waals surface area contributed by atoms with Crippen LogP contribution in [-0.4, -0.2) is 23.0 Å². The van der Waals surface area contributed by atoms with Gasteiger partial charge in [0.25, 0.3) is 0 Å². The molecule has 2 aliphatic rings. The lowest BCUT2D eigenvalue weighted by Crippen LogP contribution is -2.51. The average molecular weight is 225 g/mol. The number of hydrogen-bond acceptors (Lipinski definition) is 2. The Balaban J connectivity index is 1.86. The average Bonchev–Trinajstić information content (AvgIpc) is 2.80. The Labute approximate surface area is 95.4 Å². The van der Waals surface area contributed by atoms with Crippen molar-refractivity contribution in [3.63, 3.8) is 0 Å². The minimum atomic E-state index is -1.10. The number of carbonyl (C=O) groups is 2. The third kappa shape index (κ3) is 1.81. The van der Waals surface area contributed by atoms with Gasteiger partial charge in [-0.15, -0.1) is 0 Å². The van der Waals surface area contributed by atoms with E-state index in [9.17, 15) is 9.59 Å². The van der Waals surface area contributed by atoms with Crippen LogP contribution in [0.3, 0.4) is 0 Å². The van der Waals surface area contributed by atoms with Gasteiger partial charge in [0.15, 0.2) is 0 Å². The summed E-state index contributed by atoms with van der Waals surface area (Å²) >= 11 is 0. The van der Waals surface area contributed by atoms with Crippen molar-refractivity contribution in [2.75, 3.05) is 0 Å². The normalized spacial score (nSPS) is 30.3. The van der Waals surface area contributed by atoms with Crippen molar-refractivity contribution in [1.29, 1.82) is 0 Å². The van der Waals surface area contributed by atoms with Crippen LogP contribution in [0, 0.1) is 11.3 Å². The van der Waals surface area contributed by atoms with Gasteiger partial charge in [0.05, 0.1) is 0 Å². The summed E-state index contributed by atoms with van der Waals surface area (Å²) in [6.45, 7) is 2.13. The molecule has 0 heterocycles. The molecule has 0 radical (unpaired) electrons. The predicted molar refractivity (Wildman–Crippen MR) is 58.9 cm³/mol. The van der Waals surface area contributed by atoms with Crippen LogP contribution < -0.4 is 5.32 Å². The van der Waals surface area contributed by atoms with Crippen molar-refractivity contribution >= 4 is 11.9 Å². The summed E-state index contributed by atoms with van der Waals surface area (Å²) in [7, 11) is 0. The Kier molecular flexibility index (Phi) is 2.91. The standard InChI is InChI=1S/C12H19NO3/c1-2-4-8-7-9(8)13-10(14)12(11(15)16)5-3-6-12/h8-9H,2-7H2,1H3,(H,13,14)(H,15,16). The van der Waals surface area contributed by atoms with Crippen LogP contribution >= 0.6 is 0 Å². The highest BCUT2D eigenvalue weighted by Gasteiger charge is 2.53. The largest absolute Gasteiger partial charge is 0.480 e. The molecule has 1 amide bonds. The number of carboxylic acids is 1. The van der Waals surface area contributed by atoms with Crippen molar-refractivity contribution < 1.29 is 14.7 Å². The zero-order chi connectivity index (χ0) is 11.8. The minimum absolute atomic E-state index is 0.240. The number of hydrogen-bond donors (Lipinski definition) is 2. The maximum Gasteiger partial charge on any atom is 0.319 e. The van der Waals surface area contributed by atoms with Crippen molar-refractivity contribution in [3.8, 4) is 0 Å². The molecular formula is C12H19NO3. The van der Waals surface area contributed by atoms with E-state index in [1.807, 2.05) is 0 Å². The Morgan fingerprint density at radius 2 is 2.12 bits per heavy atom. The van der Waals surface area contributed by atoms with Crippen LogP contribution in [0.2, 0.25) is 0 Å². The van der Waals surface area contributed by atoms with Crippen LogP contribution in [0.4, 0.5) is 0 Å². The first-order valence-corrected chi connectivity index (χ1v) is 6.14. The summed E-state index contributed by atoms with van der Waals surface area (Å²) in [5.74, 6) is -0.626. The third-order valence-corrected chi connectivity index (χ3v) is 3.95. The fourth-order valence-electron chi connectivity index (χ4n) is 2.49. The summed E-state index contributed by atoms with van der Waals surface area (Å²) in [6.07, 6.45) is 5.13. The van der Waals surface area contributed by atoms with Gasteiger partial charge in [-0.3, -0.25) is 9.59 Å². The molecule has 2 atom stereocenters. The molecule has 0 bridgehead atoms. The molecule has 90 valence electrons. The van der Waals surface area contributed by atoms with Crippen LogP contribution in [0.1, 0.15) is 45.4 Å². The van der Waals surface area contributed by atoms with Gasteiger partial charge in [-0.05, 0) is 31.6 Å². The van der Waals surface area contributed by atoms with E-state index in [0.29, 0.717) is 18.8 Å².